The van der Waals surface area contributed by atoms with E-state index in [0.29, 0.717) is 30.1 Å². The van der Waals surface area contributed by atoms with Gasteiger partial charge in [-0.05, 0) is 48.8 Å². The number of rotatable bonds is 5. The summed E-state index contributed by atoms with van der Waals surface area (Å²) in [6.07, 6.45) is 3.35. The normalized spacial score (nSPS) is 18.7. The van der Waals surface area contributed by atoms with Crippen molar-refractivity contribution in [3.05, 3.63) is 82.9 Å². The highest BCUT2D eigenvalue weighted by atomic mass is 19.2. The number of halogens is 4. The lowest BCUT2D eigenvalue weighted by molar-refractivity contribution is -0.0214. The molecule has 1 fully saturated rings. The van der Waals surface area contributed by atoms with E-state index in [9.17, 15) is 17.6 Å². The molecular weight excluding hydrogens is 416 g/mol. The molecule has 0 saturated carbocycles. The second-order valence-electron chi connectivity index (χ2n) is 8.52. The van der Waals surface area contributed by atoms with Gasteiger partial charge in [-0.3, -0.25) is 0 Å². The molecule has 0 N–H and O–H groups in total. The zero-order chi connectivity index (χ0) is 22.8. The van der Waals surface area contributed by atoms with E-state index in [1.54, 1.807) is 36.4 Å². The molecule has 1 aliphatic heterocycles. The van der Waals surface area contributed by atoms with Crippen molar-refractivity contribution in [3.8, 4) is 22.3 Å². The maximum absolute atomic E-state index is 14.9. The van der Waals surface area contributed by atoms with E-state index in [0.717, 1.165) is 19.3 Å². The third kappa shape index (κ3) is 4.31. The third-order valence-corrected chi connectivity index (χ3v) is 6.31. The molecule has 0 aromatic heterocycles. The van der Waals surface area contributed by atoms with Crippen LogP contribution in [-0.2, 0) is 4.74 Å². The van der Waals surface area contributed by atoms with E-state index in [2.05, 4.69) is 6.92 Å². The van der Waals surface area contributed by atoms with Crippen molar-refractivity contribution in [2.75, 3.05) is 6.61 Å². The molecular formula is C27H26F4O. The fourth-order valence-corrected chi connectivity index (χ4v) is 4.42. The number of hydrogen-bond donors (Lipinski definition) is 0. The molecule has 0 aliphatic carbocycles. The van der Waals surface area contributed by atoms with Crippen LogP contribution in [0.4, 0.5) is 17.6 Å². The van der Waals surface area contributed by atoms with E-state index in [-0.39, 0.29) is 22.3 Å². The minimum absolute atomic E-state index is 0.119. The topological polar surface area (TPSA) is 9.23 Å². The maximum Gasteiger partial charge on any atom is 0.167 e. The van der Waals surface area contributed by atoms with Crippen molar-refractivity contribution in [3.63, 3.8) is 0 Å². The molecule has 0 amide bonds. The highest BCUT2D eigenvalue weighted by molar-refractivity contribution is 5.71. The van der Waals surface area contributed by atoms with Gasteiger partial charge in [0, 0.05) is 16.7 Å². The Morgan fingerprint density at radius 3 is 1.91 bits per heavy atom. The van der Waals surface area contributed by atoms with Crippen LogP contribution in [0.1, 0.15) is 49.8 Å². The Labute approximate surface area is 186 Å². The Balaban J connectivity index is 1.57. The molecule has 32 heavy (non-hydrogen) atoms. The summed E-state index contributed by atoms with van der Waals surface area (Å²) in [5.41, 5.74) is 1.63. The van der Waals surface area contributed by atoms with E-state index < -0.39 is 29.4 Å². The molecule has 0 bridgehead atoms. The maximum atomic E-state index is 14.9. The van der Waals surface area contributed by atoms with Crippen LogP contribution in [0.15, 0.2) is 48.5 Å². The standard InChI is InChI=1S/C27H26F4O/c1-3-4-17-6-14-23(32-15-17)22-13-12-21(26(30)27(22)31)19-9-7-18(8-10-19)20-11-5-16(2)24(28)25(20)29/h5,7-13,17,23H,3-4,6,14-15H2,1-2H3. The second-order valence-corrected chi connectivity index (χ2v) is 8.52. The van der Waals surface area contributed by atoms with Crippen molar-refractivity contribution in [2.45, 2.75) is 45.6 Å². The van der Waals surface area contributed by atoms with Crippen LogP contribution in [-0.4, -0.2) is 6.61 Å². The largest absolute Gasteiger partial charge is 0.373 e. The number of ether oxygens (including phenoxy) is 1. The van der Waals surface area contributed by atoms with Crippen LogP contribution in [0, 0.1) is 36.1 Å². The monoisotopic (exact) mass is 442 g/mol. The van der Waals surface area contributed by atoms with E-state index in [1.807, 2.05) is 0 Å². The van der Waals surface area contributed by atoms with Crippen LogP contribution < -0.4 is 0 Å². The Morgan fingerprint density at radius 1 is 0.750 bits per heavy atom. The van der Waals surface area contributed by atoms with Gasteiger partial charge in [0.05, 0.1) is 12.7 Å². The van der Waals surface area contributed by atoms with Crippen LogP contribution in [0.3, 0.4) is 0 Å². The molecule has 4 rings (SSSR count). The summed E-state index contributed by atoms with van der Waals surface area (Å²) < 4.78 is 63.9. The third-order valence-electron chi connectivity index (χ3n) is 6.31. The average Bonchev–Trinajstić information content (AvgIpc) is 2.81. The predicted octanol–water partition coefficient (Wildman–Crippen LogP) is 8.15. The fraction of sp³-hybridized carbons (Fsp3) is 0.333. The van der Waals surface area contributed by atoms with Crippen LogP contribution in [0.25, 0.3) is 22.3 Å². The van der Waals surface area contributed by atoms with E-state index in [1.165, 1.54) is 19.1 Å². The summed E-state index contributed by atoms with van der Waals surface area (Å²) in [5.74, 6) is -3.15. The molecule has 2 unspecified atom stereocenters. The van der Waals surface area contributed by atoms with Crippen LogP contribution >= 0.6 is 0 Å². The summed E-state index contributed by atoms with van der Waals surface area (Å²) >= 11 is 0. The smallest absolute Gasteiger partial charge is 0.167 e. The van der Waals surface area contributed by atoms with Gasteiger partial charge in [0.15, 0.2) is 23.3 Å². The number of aryl methyl sites for hydroxylation is 1. The first-order chi connectivity index (χ1) is 15.4. The van der Waals surface area contributed by atoms with Gasteiger partial charge in [0.25, 0.3) is 0 Å². The Morgan fingerprint density at radius 2 is 1.34 bits per heavy atom. The minimum Gasteiger partial charge on any atom is -0.373 e. The highest BCUT2D eigenvalue weighted by Crippen LogP contribution is 2.37. The van der Waals surface area contributed by atoms with E-state index >= 15 is 0 Å². The zero-order valence-electron chi connectivity index (χ0n) is 18.2. The molecule has 1 saturated heterocycles. The summed E-state index contributed by atoms with van der Waals surface area (Å²) in [6, 6.07) is 12.5. The lowest BCUT2D eigenvalue weighted by atomic mass is 9.90. The van der Waals surface area contributed by atoms with Crippen molar-refractivity contribution >= 4 is 0 Å². The second kappa shape index (κ2) is 9.45. The zero-order valence-corrected chi connectivity index (χ0v) is 18.2. The summed E-state index contributed by atoms with van der Waals surface area (Å²) in [7, 11) is 0. The Kier molecular flexibility index (Phi) is 6.66. The van der Waals surface area contributed by atoms with E-state index in [4.69, 9.17) is 4.74 Å². The van der Waals surface area contributed by atoms with Crippen LogP contribution in [0.5, 0.6) is 0 Å². The average molecular weight is 442 g/mol. The van der Waals surface area contributed by atoms with Gasteiger partial charge in [-0.2, -0.15) is 0 Å². The molecule has 2 atom stereocenters. The lowest BCUT2D eigenvalue weighted by Crippen LogP contribution is -2.21. The first-order valence-corrected chi connectivity index (χ1v) is 11.1. The SMILES string of the molecule is CCCC1CCC(c2ccc(-c3ccc(-c4ccc(C)c(F)c4F)cc3)c(F)c2F)OC1. The van der Waals surface area contributed by atoms with Gasteiger partial charge >= 0.3 is 0 Å². The van der Waals surface area contributed by atoms with Gasteiger partial charge in [0.2, 0.25) is 0 Å². The summed E-state index contributed by atoms with van der Waals surface area (Å²) in [4.78, 5) is 0. The Bertz CT molecular complexity index is 1100. The molecule has 1 nitrogen and oxygen atoms in total. The van der Waals surface area contributed by atoms with Gasteiger partial charge in [-0.25, -0.2) is 17.6 Å². The van der Waals surface area contributed by atoms with Gasteiger partial charge in [-0.15, -0.1) is 0 Å². The van der Waals surface area contributed by atoms with Gasteiger partial charge < -0.3 is 4.74 Å². The van der Waals surface area contributed by atoms with Crippen molar-refractivity contribution < 1.29 is 22.3 Å². The summed E-state index contributed by atoms with van der Waals surface area (Å²) in [5, 5.41) is 0. The quantitative estimate of drug-likeness (QED) is 0.362. The fourth-order valence-electron chi connectivity index (χ4n) is 4.42. The molecule has 168 valence electrons. The first-order valence-electron chi connectivity index (χ1n) is 11.1. The molecule has 1 heterocycles. The van der Waals surface area contributed by atoms with Gasteiger partial charge in [-0.1, -0.05) is 61.9 Å². The first kappa shape index (κ1) is 22.5. The predicted molar refractivity (Wildman–Crippen MR) is 118 cm³/mol. The number of benzene rings is 3. The number of hydrogen-bond acceptors (Lipinski definition) is 1. The molecule has 0 radical (unpaired) electrons. The lowest BCUT2D eigenvalue weighted by Gasteiger charge is -2.29. The van der Waals surface area contributed by atoms with Gasteiger partial charge in [0.1, 0.15) is 0 Å². The molecule has 1 aliphatic rings. The van der Waals surface area contributed by atoms with Crippen LogP contribution in [0.2, 0.25) is 0 Å². The summed E-state index contributed by atoms with van der Waals surface area (Å²) in [6.45, 7) is 4.19. The molecule has 0 spiro atoms. The molecule has 3 aromatic rings. The molecule has 3 aromatic carbocycles. The highest BCUT2D eigenvalue weighted by Gasteiger charge is 2.27. The van der Waals surface area contributed by atoms with Crippen molar-refractivity contribution in [1.29, 1.82) is 0 Å². The van der Waals surface area contributed by atoms with Crippen molar-refractivity contribution in [1.82, 2.24) is 0 Å². The Hall–Kier alpha value is -2.66. The van der Waals surface area contributed by atoms with Crippen molar-refractivity contribution in [2.24, 2.45) is 5.92 Å². The minimum atomic E-state index is -0.929. The molecule has 5 heteroatoms.